The number of hydrogen-bond donors (Lipinski definition) is 0. The fourth-order valence-corrected chi connectivity index (χ4v) is 3.34. The average Bonchev–Trinajstić information content (AvgIpc) is 3.34. The van der Waals surface area contributed by atoms with Crippen LogP contribution in [0.5, 0.6) is 5.75 Å². The molecular formula is C21H17F6N5O3. The third kappa shape index (κ3) is 5.81. The van der Waals surface area contributed by atoms with Crippen molar-refractivity contribution in [1.82, 2.24) is 20.0 Å². The molecule has 0 saturated carbocycles. The molecule has 0 aliphatic carbocycles. The van der Waals surface area contributed by atoms with E-state index >= 15 is 0 Å². The van der Waals surface area contributed by atoms with Gasteiger partial charge in [-0.25, -0.2) is 4.98 Å². The maximum atomic E-state index is 12.8. The molecule has 1 aliphatic heterocycles. The Hall–Kier alpha value is -3.84. The second-order valence-electron chi connectivity index (χ2n) is 7.51. The molecule has 35 heavy (non-hydrogen) atoms. The van der Waals surface area contributed by atoms with Crippen molar-refractivity contribution >= 4 is 11.7 Å². The first-order valence-corrected chi connectivity index (χ1v) is 10.2. The molecule has 0 atom stereocenters. The van der Waals surface area contributed by atoms with Crippen molar-refractivity contribution in [3.05, 3.63) is 54.0 Å². The Morgan fingerprint density at radius 2 is 1.74 bits per heavy atom. The molecule has 186 valence electrons. The molecule has 0 radical (unpaired) electrons. The van der Waals surface area contributed by atoms with E-state index in [4.69, 9.17) is 4.74 Å². The number of benzene rings is 1. The molecular weight excluding hydrogens is 484 g/mol. The van der Waals surface area contributed by atoms with Crippen LogP contribution in [0.2, 0.25) is 0 Å². The molecule has 3 aromatic rings. The molecule has 2 aromatic heterocycles. The highest BCUT2D eigenvalue weighted by Crippen LogP contribution is 2.31. The normalized spacial score (nSPS) is 14.8. The van der Waals surface area contributed by atoms with E-state index in [-0.39, 0.29) is 23.0 Å². The van der Waals surface area contributed by atoms with E-state index in [2.05, 4.69) is 19.6 Å². The molecule has 1 aromatic carbocycles. The summed E-state index contributed by atoms with van der Waals surface area (Å²) in [5, 5.41) is 3.31. The van der Waals surface area contributed by atoms with E-state index in [0.29, 0.717) is 32.0 Å². The van der Waals surface area contributed by atoms with Gasteiger partial charge in [-0.1, -0.05) is 11.2 Å². The van der Waals surface area contributed by atoms with E-state index in [1.165, 1.54) is 29.3 Å². The van der Waals surface area contributed by atoms with Gasteiger partial charge in [-0.15, -0.1) is 0 Å². The monoisotopic (exact) mass is 501 g/mol. The number of alkyl halides is 6. The Morgan fingerprint density at radius 3 is 2.34 bits per heavy atom. The number of rotatable bonds is 5. The molecule has 4 rings (SSSR count). The fraction of sp³-hybridized carbons (Fsp3) is 0.333. The molecule has 1 amide bonds. The molecule has 14 heteroatoms. The first-order valence-electron chi connectivity index (χ1n) is 10.2. The van der Waals surface area contributed by atoms with E-state index in [9.17, 15) is 31.1 Å². The molecule has 3 heterocycles. The first-order chi connectivity index (χ1) is 16.5. The Morgan fingerprint density at radius 1 is 1.00 bits per heavy atom. The van der Waals surface area contributed by atoms with E-state index in [1.54, 1.807) is 6.07 Å². The molecule has 1 saturated heterocycles. The van der Waals surface area contributed by atoms with Gasteiger partial charge in [0.15, 0.2) is 6.61 Å². The van der Waals surface area contributed by atoms with Gasteiger partial charge in [-0.2, -0.15) is 31.3 Å². The van der Waals surface area contributed by atoms with Gasteiger partial charge in [0.25, 0.3) is 5.91 Å². The number of ether oxygens (including phenoxy) is 1. The zero-order valence-corrected chi connectivity index (χ0v) is 17.8. The summed E-state index contributed by atoms with van der Waals surface area (Å²) in [6.07, 6.45) is -7.93. The molecule has 1 aliphatic rings. The fourth-order valence-electron chi connectivity index (χ4n) is 3.34. The number of nitrogens with zero attached hydrogens (tertiary/aromatic N) is 5. The summed E-state index contributed by atoms with van der Waals surface area (Å²) >= 11 is 0. The van der Waals surface area contributed by atoms with E-state index < -0.39 is 30.4 Å². The standard InChI is InChI=1S/C21H17F6N5O3/c22-20(23,24)14-2-1-3-15(10-14)34-12-17(33)32-8-6-31(7-9-32)16-5-4-13(11-28-16)18-29-19(35-30-18)21(25,26)27/h1-5,10-11H,6-9,12H2. The van der Waals surface area contributed by atoms with Crippen LogP contribution in [0.25, 0.3) is 11.4 Å². The third-order valence-corrected chi connectivity index (χ3v) is 5.15. The predicted octanol–water partition coefficient (Wildman–Crippen LogP) is 3.90. The third-order valence-electron chi connectivity index (χ3n) is 5.15. The van der Waals surface area contributed by atoms with Crippen LogP contribution < -0.4 is 9.64 Å². The lowest BCUT2D eigenvalue weighted by Gasteiger charge is -2.35. The largest absolute Gasteiger partial charge is 0.484 e. The number of aromatic nitrogens is 3. The zero-order valence-electron chi connectivity index (χ0n) is 17.8. The topological polar surface area (TPSA) is 84.6 Å². The van der Waals surface area contributed by atoms with Gasteiger partial charge in [0.1, 0.15) is 11.6 Å². The number of carbonyl (C=O) groups is 1. The summed E-state index contributed by atoms with van der Waals surface area (Å²) in [5.74, 6) is -1.58. The van der Waals surface area contributed by atoms with Crippen molar-refractivity contribution in [3.8, 4) is 17.1 Å². The van der Waals surface area contributed by atoms with E-state index in [0.717, 1.165) is 12.1 Å². The Bertz CT molecular complexity index is 1170. The highest BCUT2D eigenvalue weighted by Gasteiger charge is 2.38. The molecule has 0 bridgehead atoms. The smallest absolute Gasteiger partial charge is 0.471 e. The number of amides is 1. The molecule has 1 fully saturated rings. The van der Waals surface area contributed by atoms with Crippen LogP contribution in [0, 0.1) is 0 Å². The second-order valence-corrected chi connectivity index (χ2v) is 7.51. The van der Waals surface area contributed by atoms with E-state index in [1.807, 2.05) is 4.90 Å². The summed E-state index contributed by atoms with van der Waals surface area (Å²) in [6, 6.07) is 7.39. The number of carbonyl (C=O) groups excluding carboxylic acids is 1. The van der Waals surface area contributed by atoms with Gasteiger partial charge < -0.3 is 19.1 Å². The Labute approximate surface area is 194 Å². The maximum Gasteiger partial charge on any atom is 0.471 e. The highest BCUT2D eigenvalue weighted by molar-refractivity contribution is 5.78. The maximum absolute atomic E-state index is 12.8. The SMILES string of the molecule is O=C(COc1cccc(C(F)(F)F)c1)N1CCN(c2ccc(-c3noc(C(F)(F)F)n3)cn2)CC1. The van der Waals surface area contributed by atoms with Crippen LogP contribution in [0.4, 0.5) is 32.2 Å². The van der Waals surface area contributed by atoms with Crippen LogP contribution in [0.3, 0.4) is 0 Å². The van der Waals surface area contributed by atoms with Crippen LogP contribution in [0.1, 0.15) is 11.5 Å². The molecule has 0 N–H and O–H groups in total. The lowest BCUT2D eigenvalue weighted by atomic mass is 10.2. The van der Waals surface area contributed by atoms with Crippen molar-refractivity contribution in [3.63, 3.8) is 0 Å². The lowest BCUT2D eigenvalue weighted by Crippen LogP contribution is -2.50. The molecule has 8 nitrogen and oxygen atoms in total. The molecule has 0 unspecified atom stereocenters. The number of hydrogen-bond acceptors (Lipinski definition) is 7. The number of halogens is 6. The minimum absolute atomic E-state index is 0.0555. The summed E-state index contributed by atoms with van der Waals surface area (Å²) in [5.41, 5.74) is -0.622. The van der Waals surface area contributed by atoms with Crippen molar-refractivity contribution < 1.29 is 40.4 Å². The average molecular weight is 501 g/mol. The van der Waals surface area contributed by atoms with Crippen molar-refractivity contribution in [1.29, 1.82) is 0 Å². The summed E-state index contributed by atoms with van der Waals surface area (Å²) in [6.45, 7) is 1.09. The van der Waals surface area contributed by atoms with Crippen molar-refractivity contribution in [2.45, 2.75) is 12.4 Å². The van der Waals surface area contributed by atoms with Crippen molar-refractivity contribution in [2.24, 2.45) is 0 Å². The second kappa shape index (κ2) is 9.43. The van der Waals surface area contributed by atoms with Crippen LogP contribution >= 0.6 is 0 Å². The Kier molecular flexibility index (Phi) is 6.54. The van der Waals surface area contributed by atoms with Gasteiger partial charge >= 0.3 is 18.2 Å². The summed E-state index contributed by atoms with van der Waals surface area (Å²) < 4.78 is 85.7. The Balaban J connectivity index is 1.29. The number of pyridine rings is 1. The van der Waals surface area contributed by atoms with Crippen LogP contribution in [0.15, 0.2) is 47.1 Å². The lowest BCUT2D eigenvalue weighted by molar-refractivity contribution is -0.159. The zero-order chi connectivity index (χ0) is 25.2. The highest BCUT2D eigenvalue weighted by atomic mass is 19.4. The van der Waals surface area contributed by atoms with Gasteiger partial charge in [-0.3, -0.25) is 4.79 Å². The summed E-state index contributed by atoms with van der Waals surface area (Å²) in [7, 11) is 0. The first kappa shape index (κ1) is 24.3. The van der Waals surface area contributed by atoms with Gasteiger partial charge in [0.2, 0.25) is 5.82 Å². The number of piperazine rings is 1. The molecule has 0 spiro atoms. The number of anilines is 1. The van der Waals surface area contributed by atoms with Gasteiger partial charge in [-0.05, 0) is 30.3 Å². The van der Waals surface area contributed by atoms with Gasteiger partial charge in [0, 0.05) is 37.9 Å². The van der Waals surface area contributed by atoms with Crippen LogP contribution in [-0.4, -0.2) is 58.7 Å². The van der Waals surface area contributed by atoms with Crippen LogP contribution in [-0.2, 0) is 17.1 Å². The predicted molar refractivity (Wildman–Crippen MR) is 108 cm³/mol. The van der Waals surface area contributed by atoms with Crippen molar-refractivity contribution in [2.75, 3.05) is 37.7 Å². The van der Waals surface area contributed by atoms with Gasteiger partial charge in [0.05, 0.1) is 5.56 Å². The minimum Gasteiger partial charge on any atom is -0.484 e. The minimum atomic E-state index is -4.74. The summed E-state index contributed by atoms with van der Waals surface area (Å²) in [4.78, 5) is 23.3. The quantitative estimate of drug-likeness (QED) is 0.491.